The summed E-state index contributed by atoms with van der Waals surface area (Å²) in [6.07, 6.45) is 3.05. The van der Waals surface area contributed by atoms with Gasteiger partial charge < -0.3 is 9.64 Å². The van der Waals surface area contributed by atoms with Crippen molar-refractivity contribution >= 4 is 15.9 Å². The molecule has 0 aromatic heterocycles. The van der Waals surface area contributed by atoms with Crippen LogP contribution >= 0.6 is 0 Å². The average molecular weight is 318 g/mol. The fourth-order valence-corrected chi connectivity index (χ4v) is 4.54. The van der Waals surface area contributed by atoms with Crippen LogP contribution in [0.3, 0.4) is 0 Å². The molecule has 0 radical (unpaired) electrons. The second-order valence-electron chi connectivity index (χ2n) is 5.97. The third-order valence-electron chi connectivity index (χ3n) is 4.83. The Labute approximate surface area is 127 Å². The van der Waals surface area contributed by atoms with Crippen molar-refractivity contribution in [3.8, 4) is 0 Å². The van der Waals surface area contributed by atoms with Crippen molar-refractivity contribution in [2.24, 2.45) is 5.41 Å². The molecule has 122 valence electrons. The van der Waals surface area contributed by atoms with Crippen LogP contribution in [0.1, 0.15) is 32.6 Å². The van der Waals surface area contributed by atoms with E-state index in [-0.39, 0.29) is 17.1 Å². The highest BCUT2D eigenvalue weighted by Crippen LogP contribution is 2.41. The molecule has 21 heavy (non-hydrogen) atoms. The Morgan fingerprint density at radius 2 is 1.90 bits per heavy atom. The topological polar surface area (TPSA) is 66.9 Å². The molecule has 2 heterocycles. The lowest BCUT2D eigenvalue weighted by Crippen LogP contribution is -2.38. The van der Waals surface area contributed by atoms with Crippen LogP contribution in [0.25, 0.3) is 0 Å². The fraction of sp³-hybridized carbons (Fsp3) is 0.929. The highest BCUT2D eigenvalue weighted by Gasteiger charge is 2.47. The molecule has 2 aliphatic heterocycles. The molecule has 0 unspecified atom stereocenters. The zero-order chi connectivity index (χ0) is 15.5. The Balaban J connectivity index is 2.04. The Hall–Kier alpha value is -0.660. The van der Waals surface area contributed by atoms with Crippen molar-refractivity contribution in [2.75, 3.05) is 45.6 Å². The zero-order valence-corrected chi connectivity index (χ0v) is 13.8. The first-order chi connectivity index (χ1) is 9.95. The Morgan fingerprint density at radius 1 is 1.19 bits per heavy atom. The summed E-state index contributed by atoms with van der Waals surface area (Å²) in [5, 5.41) is 0. The van der Waals surface area contributed by atoms with Gasteiger partial charge in [0, 0.05) is 33.3 Å². The Morgan fingerprint density at radius 3 is 2.57 bits per heavy atom. The van der Waals surface area contributed by atoms with Crippen LogP contribution in [0, 0.1) is 5.41 Å². The molecule has 0 aromatic rings. The Bertz CT molecular complexity index is 479. The van der Waals surface area contributed by atoms with Gasteiger partial charge in [-0.3, -0.25) is 4.79 Å². The van der Waals surface area contributed by atoms with Gasteiger partial charge in [-0.2, -0.15) is 0 Å². The van der Waals surface area contributed by atoms with E-state index in [1.54, 1.807) is 18.3 Å². The van der Waals surface area contributed by atoms with Crippen LogP contribution in [-0.2, 0) is 19.6 Å². The molecule has 0 N–H and O–H groups in total. The molecule has 1 amide bonds. The number of rotatable bonds is 5. The van der Waals surface area contributed by atoms with Gasteiger partial charge in [-0.1, -0.05) is 0 Å². The minimum absolute atomic E-state index is 0.133. The Kier molecular flexibility index (Phi) is 5.27. The SMILES string of the molecule is CCS(=O)(=O)N1CCC[C@]2(CCN(CCOC)C2=O)CC1. The number of methoxy groups -OCH3 is 1. The lowest BCUT2D eigenvalue weighted by Gasteiger charge is -2.26. The summed E-state index contributed by atoms with van der Waals surface area (Å²) in [5.74, 6) is 0.323. The molecule has 2 saturated heterocycles. The molecule has 7 heteroatoms. The molecular formula is C14H26N2O4S. The third kappa shape index (κ3) is 3.40. The number of ether oxygens (including phenoxy) is 1. The highest BCUT2D eigenvalue weighted by atomic mass is 32.2. The lowest BCUT2D eigenvalue weighted by atomic mass is 9.79. The van der Waals surface area contributed by atoms with E-state index in [1.807, 2.05) is 4.90 Å². The van der Waals surface area contributed by atoms with Gasteiger partial charge in [0.05, 0.1) is 17.8 Å². The predicted molar refractivity (Wildman–Crippen MR) is 80.4 cm³/mol. The predicted octanol–water partition coefficient (Wildman–Crippen LogP) is 0.687. The van der Waals surface area contributed by atoms with Crippen molar-refractivity contribution in [1.29, 1.82) is 0 Å². The molecule has 0 bridgehead atoms. The van der Waals surface area contributed by atoms with Gasteiger partial charge >= 0.3 is 0 Å². The number of carbonyl (C=O) groups is 1. The fourth-order valence-electron chi connectivity index (χ4n) is 3.40. The van der Waals surface area contributed by atoms with E-state index in [0.29, 0.717) is 32.7 Å². The summed E-state index contributed by atoms with van der Waals surface area (Å²) in [6.45, 7) is 4.64. The van der Waals surface area contributed by atoms with Crippen LogP contribution < -0.4 is 0 Å². The van der Waals surface area contributed by atoms with Crippen LogP contribution in [0.4, 0.5) is 0 Å². The van der Waals surface area contributed by atoms with Crippen molar-refractivity contribution in [1.82, 2.24) is 9.21 Å². The van der Waals surface area contributed by atoms with Gasteiger partial charge in [-0.25, -0.2) is 12.7 Å². The van der Waals surface area contributed by atoms with Crippen molar-refractivity contribution in [2.45, 2.75) is 32.6 Å². The van der Waals surface area contributed by atoms with Crippen molar-refractivity contribution < 1.29 is 17.9 Å². The standard InChI is InChI=1S/C14H26N2O4S/c1-3-21(18,19)16-8-4-5-14(7-10-16)6-9-15(13(14)17)11-12-20-2/h3-12H2,1-2H3/t14-/m0/s1. The molecule has 0 aliphatic carbocycles. The molecule has 2 fully saturated rings. The number of hydrogen-bond acceptors (Lipinski definition) is 4. The quantitative estimate of drug-likeness (QED) is 0.748. The number of amides is 1. The number of sulfonamides is 1. The van der Waals surface area contributed by atoms with Gasteiger partial charge in [0.1, 0.15) is 0 Å². The van der Waals surface area contributed by atoms with Crippen molar-refractivity contribution in [3.05, 3.63) is 0 Å². The molecule has 0 saturated carbocycles. The molecule has 1 atom stereocenters. The van der Waals surface area contributed by atoms with Gasteiger partial charge in [0.2, 0.25) is 15.9 Å². The van der Waals surface area contributed by atoms with Crippen LogP contribution in [0.2, 0.25) is 0 Å². The van der Waals surface area contributed by atoms with Gasteiger partial charge in [-0.15, -0.1) is 0 Å². The summed E-state index contributed by atoms with van der Waals surface area (Å²) in [4.78, 5) is 14.5. The van der Waals surface area contributed by atoms with Crippen LogP contribution in [0.15, 0.2) is 0 Å². The van der Waals surface area contributed by atoms with Gasteiger partial charge in [-0.05, 0) is 32.6 Å². The monoisotopic (exact) mass is 318 g/mol. The van der Waals surface area contributed by atoms with E-state index < -0.39 is 10.0 Å². The summed E-state index contributed by atoms with van der Waals surface area (Å²) in [6, 6.07) is 0. The third-order valence-corrected chi connectivity index (χ3v) is 6.71. The smallest absolute Gasteiger partial charge is 0.228 e. The zero-order valence-electron chi connectivity index (χ0n) is 13.0. The number of nitrogens with zero attached hydrogens (tertiary/aromatic N) is 2. The number of carbonyl (C=O) groups excluding carboxylic acids is 1. The maximum Gasteiger partial charge on any atom is 0.228 e. The number of hydrogen-bond donors (Lipinski definition) is 0. The number of likely N-dealkylation sites (tertiary alicyclic amines) is 1. The normalized spacial score (nSPS) is 28.3. The van der Waals surface area contributed by atoms with E-state index in [0.717, 1.165) is 25.8 Å². The van der Waals surface area contributed by atoms with E-state index in [4.69, 9.17) is 4.74 Å². The van der Waals surface area contributed by atoms with E-state index in [9.17, 15) is 13.2 Å². The minimum atomic E-state index is -3.15. The minimum Gasteiger partial charge on any atom is -0.383 e. The van der Waals surface area contributed by atoms with Crippen LogP contribution in [-0.4, -0.2) is 69.2 Å². The first kappa shape index (κ1) is 16.7. The molecule has 2 aliphatic rings. The molecular weight excluding hydrogens is 292 g/mol. The van der Waals surface area contributed by atoms with Crippen molar-refractivity contribution in [3.63, 3.8) is 0 Å². The van der Waals surface area contributed by atoms with Gasteiger partial charge in [0.25, 0.3) is 0 Å². The van der Waals surface area contributed by atoms with Crippen LogP contribution in [0.5, 0.6) is 0 Å². The lowest BCUT2D eigenvalue weighted by molar-refractivity contribution is -0.137. The summed E-state index contributed by atoms with van der Waals surface area (Å²) < 4.78 is 30.6. The molecule has 6 nitrogen and oxygen atoms in total. The molecule has 1 spiro atoms. The summed E-state index contributed by atoms with van der Waals surface area (Å²) in [5.41, 5.74) is -0.342. The van der Waals surface area contributed by atoms with Gasteiger partial charge in [0.15, 0.2) is 0 Å². The maximum atomic E-state index is 12.7. The van der Waals surface area contributed by atoms with E-state index in [1.165, 1.54) is 0 Å². The average Bonchev–Trinajstić information content (AvgIpc) is 2.66. The van der Waals surface area contributed by atoms with E-state index >= 15 is 0 Å². The van der Waals surface area contributed by atoms with E-state index in [2.05, 4.69) is 0 Å². The highest BCUT2D eigenvalue weighted by molar-refractivity contribution is 7.89. The summed E-state index contributed by atoms with van der Waals surface area (Å²) in [7, 11) is -1.51. The molecule has 2 rings (SSSR count). The second-order valence-corrected chi connectivity index (χ2v) is 8.23. The first-order valence-electron chi connectivity index (χ1n) is 7.71. The summed E-state index contributed by atoms with van der Waals surface area (Å²) >= 11 is 0. The first-order valence-corrected chi connectivity index (χ1v) is 9.32. The molecule has 0 aromatic carbocycles. The largest absolute Gasteiger partial charge is 0.383 e. The second kappa shape index (κ2) is 6.62. The maximum absolute atomic E-state index is 12.7.